The summed E-state index contributed by atoms with van der Waals surface area (Å²) >= 11 is 0. The van der Waals surface area contributed by atoms with E-state index in [4.69, 9.17) is 4.52 Å². The summed E-state index contributed by atoms with van der Waals surface area (Å²) in [6.07, 6.45) is 3.56. The molecule has 2 fully saturated rings. The van der Waals surface area contributed by atoms with E-state index < -0.39 is 5.92 Å². The summed E-state index contributed by atoms with van der Waals surface area (Å²) in [6.45, 7) is 2.39. The number of aromatic nitrogens is 2. The van der Waals surface area contributed by atoms with Crippen LogP contribution in [-0.4, -0.2) is 27.8 Å². The van der Waals surface area contributed by atoms with Crippen molar-refractivity contribution >= 4 is 0 Å². The monoisotopic (exact) mass is 438 g/mol. The number of rotatable bonds is 5. The van der Waals surface area contributed by atoms with Gasteiger partial charge in [-0.2, -0.15) is 4.98 Å². The molecule has 0 saturated heterocycles. The molecule has 32 heavy (non-hydrogen) atoms. The first-order valence-corrected chi connectivity index (χ1v) is 11.4. The fourth-order valence-corrected chi connectivity index (χ4v) is 5.24. The van der Waals surface area contributed by atoms with E-state index in [1.165, 1.54) is 5.56 Å². The molecule has 2 aliphatic carbocycles. The molecule has 1 heterocycles. The van der Waals surface area contributed by atoms with E-state index >= 15 is 0 Å². The lowest BCUT2D eigenvalue weighted by Crippen LogP contribution is -2.16. The van der Waals surface area contributed by atoms with Gasteiger partial charge in [-0.25, -0.2) is 8.78 Å². The number of hydrogen-bond donors (Lipinski definition) is 1. The Bertz CT molecular complexity index is 1080. The van der Waals surface area contributed by atoms with Crippen molar-refractivity contribution in [3.63, 3.8) is 0 Å². The first-order valence-electron chi connectivity index (χ1n) is 11.4. The molecule has 5 rings (SSSR count). The second-order valence-electron chi connectivity index (χ2n) is 9.87. The van der Waals surface area contributed by atoms with Crippen molar-refractivity contribution in [2.75, 3.05) is 6.61 Å². The zero-order valence-electron chi connectivity index (χ0n) is 18.2. The normalized spacial score (nSPS) is 27.1. The Morgan fingerprint density at radius 1 is 0.906 bits per heavy atom. The van der Waals surface area contributed by atoms with Gasteiger partial charge in [0.2, 0.25) is 11.7 Å². The van der Waals surface area contributed by atoms with Crippen LogP contribution in [0.1, 0.15) is 68.4 Å². The molecule has 0 bridgehead atoms. The molecule has 1 N–H and O–H groups in total. The second-order valence-corrected chi connectivity index (χ2v) is 9.87. The van der Waals surface area contributed by atoms with Crippen molar-refractivity contribution in [1.82, 2.24) is 10.1 Å². The Hall–Kier alpha value is -2.60. The Morgan fingerprint density at radius 2 is 1.50 bits per heavy atom. The van der Waals surface area contributed by atoms with Crippen LogP contribution in [0.5, 0.6) is 0 Å². The second kappa shape index (κ2) is 8.07. The summed E-state index contributed by atoms with van der Waals surface area (Å²) in [5, 5.41) is 13.7. The number of aliphatic hydroxyl groups is 1. The lowest BCUT2D eigenvalue weighted by Gasteiger charge is -2.20. The topological polar surface area (TPSA) is 59.2 Å². The van der Waals surface area contributed by atoms with Crippen LogP contribution in [-0.2, 0) is 0 Å². The molecule has 168 valence electrons. The van der Waals surface area contributed by atoms with Gasteiger partial charge in [-0.15, -0.1) is 0 Å². The molecule has 0 radical (unpaired) electrons. The highest BCUT2D eigenvalue weighted by atomic mass is 19.3. The van der Waals surface area contributed by atoms with Gasteiger partial charge in [0.1, 0.15) is 0 Å². The fraction of sp³-hybridized carbons (Fsp3) is 0.462. The van der Waals surface area contributed by atoms with Gasteiger partial charge in [0, 0.05) is 30.6 Å². The van der Waals surface area contributed by atoms with Crippen LogP contribution in [0.3, 0.4) is 0 Å². The molecule has 1 unspecified atom stereocenters. The van der Waals surface area contributed by atoms with E-state index in [2.05, 4.69) is 29.2 Å². The van der Waals surface area contributed by atoms with Crippen LogP contribution < -0.4 is 0 Å². The predicted octanol–water partition coefficient (Wildman–Crippen LogP) is 6.57. The van der Waals surface area contributed by atoms with E-state index in [1.54, 1.807) is 0 Å². The lowest BCUT2D eigenvalue weighted by atomic mass is 9.87. The maximum atomic E-state index is 13.5. The number of halogens is 2. The summed E-state index contributed by atoms with van der Waals surface area (Å²) < 4.78 is 32.5. The Labute approximate surface area is 186 Å². The zero-order valence-corrected chi connectivity index (χ0v) is 18.2. The van der Waals surface area contributed by atoms with Crippen LogP contribution in [0.25, 0.3) is 22.8 Å². The van der Waals surface area contributed by atoms with Crippen molar-refractivity contribution in [3.05, 3.63) is 59.7 Å². The first-order chi connectivity index (χ1) is 15.3. The van der Waals surface area contributed by atoms with E-state index in [9.17, 15) is 13.9 Å². The molecular formula is C26H28F2N2O2. The van der Waals surface area contributed by atoms with Crippen LogP contribution in [0.4, 0.5) is 8.78 Å². The van der Waals surface area contributed by atoms with E-state index in [-0.39, 0.29) is 30.8 Å². The third-order valence-corrected chi connectivity index (χ3v) is 7.32. The van der Waals surface area contributed by atoms with E-state index in [0.29, 0.717) is 24.1 Å². The molecule has 1 aromatic heterocycles. The van der Waals surface area contributed by atoms with Gasteiger partial charge in [-0.1, -0.05) is 48.5 Å². The zero-order chi connectivity index (χ0) is 22.3. The van der Waals surface area contributed by atoms with Crippen LogP contribution in [0.2, 0.25) is 0 Å². The summed E-state index contributed by atoms with van der Waals surface area (Å²) in [5.41, 5.74) is 3.91. The SMILES string of the molecule is C[C@]1(CO)CC[C@@H](c2ccc(-c3noc(-c4ccc(C5CCC(F)(F)C5)cc4)n3)cc2)C1. The van der Waals surface area contributed by atoms with Gasteiger partial charge in [-0.3, -0.25) is 0 Å². The maximum absolute atomic E-state index is 13.5. The van der Waals surface area contributed by atoms with Gasteiger partial charge < -0.3 is 9.63 Å². The standard InChI is InChI=1S/C26H28F2N2O2/c1-25(16-31)12-10-21(14-25)17-2-6-19(7-3-17)23-29-24(32-30-23)20-8-4-18(5-9-20)22-11-13-26(27,28)15-22/h2-9,21-22,31H,10-16H2,1H3/t21-,22?,25+/m1/s1. The number of aliphatic hydroxyl groups excluding tert-OH is 1. The largest absolute Gasteiger partial charge is 0.396 e. The van der Waals surface area contributed by atoms with Crippen molar-refractivity contribution in [2.24, 2.45) is 5.41 Å². The smallest absolute Gasteiger partial charge is 0.258 e. The van der Waals surface area contributed by atoms with Crippen LogP contribution in [0, 0.1) is 5.41 Å². The van der Waals surface area contributed by atoms with Gasteiger partial charge >= 0.3 is 0 Å². The van der Waals surface area contributed by atoms with Gasteiger partial charge in [0.05, 0.1) is 0 Å². The molecule has 3 aromatic rings. The summed E-state index contributed by atoms with van der Waals surface area (Å²) in [5.74, 6) is -1.22. The molecule has 0 spiro atoms. The summed E-state index contributed by atoms with van der Waals surface area (Å²) in [7, 11) is 0. The molecule has 4 nitrogen and oxygen atoms in total. The molecule has 2 saturated carbocycles. The minimum absolute atomic E-state index is 0.0279. The minimum atomic E-state index is -2.55. The van der Waals surface area contributed by atoms with Crippen molar-refractivity contribution in [3.8, 4) is 22.8 Å². The highest BCUT2D eigenvalue weighted by Crippen LogP contribution is 2.46. The average Bonchev–Trinajstić information content (AvgIpc) is 3.53. The molecule has 2 aliphatic rings. The third-order valence-electron chi connectivity index (χ3n) is 7.32. The van der Waals surface area contributed by atoms with Crippen molar-refractivity contribution < 1.29 is 18.4 Å². The summed E-state index contributed by atoms with van der Waals surface area (Å²) in [6, 6.07) is 15.8. The van der Waals surface area contributed by atoms with Gasteiger partial charge in [-0.05, 0) is 66.2 Å². The third kappa shape index (κ3) is 4.20. The van der Waals surface area contributed by atoms with Crippen molar-refractivity contribution in [1.29, 1.82) is 0 Å². The predicted molar refractivity (Wildman–Crippen MR) is 118 cm³/mol. The van der Waals surface area contributed by atoms with Crippen LogP contribution in [0.15, 0.2) is 53.1 Å². The Morgan fingerprint density at radius 3 is 2.06 bits per heavy atom. The number of alkyl halides is 2. The lowest BCUT2D eigenvalue weighted by molar-refractivity contribution is 0.00776. The van der Waals surface area contributed by atoms with E-state index in [0.717, 1.165) is 36.0 Å². The Kier molecular flexibility index (Phi) is 5.36. The summed E-state index contributed by atoms with van der Waals surface area (Å²) in [4.78, 5) is 4.53. The van der Waals surface area contributed by atoms with Gasteiger partial charge in [0.25, 0.3) is 5.89 Å². The Balaban J connectivity index is 1.28. The molecule has 0 amide bonds. The van der Waals surface area contributed by atoms with Crippen molar-refractivity contribution in [2.45, 2.75) is 63.2 Å². The van der Waals surface area contributed by atoms with Gasteiger partial charge in [0.15, 0.2) is 0 Å². The highest BCUT2D eigenvalue weighted by Gasteiger charge is 2.40. The van der Waals surface area contributed by atoms with E-state index in [1.807, 2.05) is 36.4 Å². The molecular weight excluding hydrogens is 410 g/mol. The molecule has 6 heteroatoms. The highest BCUT2D eigenvalue weighted by molar-refractivity contribution is 5.60. The maximum Gasteiger partial charge on any atom is 0.258 e. The number of benzene rings is 2. The molecule has 3 atom stereocenters. The molecule has 0 aliphatic heterocycles. The number of nitrogens with zero attached hydrogens (tertiary/aromatic N) is 2. The number of hydrogen-bond acceptors (Lipinski definition) is 4. The average molecular weight is 439 g/mol. The molecule has 2 aromatic carbocycles. The minimum Gasteiger partial charge on any atom is -0.396 e. The van der Waals surface area contributed by atoms with Crippen LogP contribution >= 0.6 is 0 Å². The first kappa shape index (κ1) is 21.3. The quantitative estimate of drug-likeness (QED) is 0.489. The fourth-order valence-electron chi connectivity index (χ4n) is 5.24.